The summed E-state index contributed by atoms with van der Waals surface area (Å²) in [6.07, 6.45) is 0. The molecule has 0 aliphatic carbocycles. The highest BCUT2D eigenvalue weighted by atomic mass is 16.1. The number of amides is 1. The van der Waals surface area contributed by atoms with E-state index >= 15 is 0 Å². The van der Waals surface area contributed by atoms with Crippen molar-refractivity contribution in [1.82, 2.24) is 5.32 Å². The van der Waals surface area contributed by atoms with Gasteiger partial charge in [0.2, 0.25) is 0 Å². The van der Waals surface area contributed by atoms with E-state index < -0.39 is 0 Å². The van der Waals surface area contributed by atoms with E-state index in [4.69, 9.17) is 11.5 Å². The van der Waals surface area contributed by atoms with Gasteiger partial charge in [-0.2, -0.15) is 0 Å². The first-order valence-corrected chi connectivity index (χ1v) is 7.04. The lowest BCUT2D eigenvalue weighted by Gasteiger charge is -2.11. The van der Waals surface area contributed by atoms with Gasteiger partial charge in [-0.1, -0.05) is 30.3 Å². The van der Waals surface area contributed by atoms with Crippen molar-refractivity contribution in [2.75, 3.05) is 6.54 Å². The molecule has 21 heavy (non-hydrogen) atoms. The van der Waals surface area contributed by atoms with Crippen molar-refractivity contribution in [3.8, 4) is 11.1 Å². The maximum atomic E-state index is 12.0. The topological polar surface area (TPSA) is 81.1 Å². The second-order valence-electron chi connectivity index (χ2n) is 5.09. The SMILES string of the molecule is C[C@H](CN)NC(=O)c1ccc(-c2cccc(CN)c2)cc1. The predicted molar refractivity (Wildman–Crippen MR) is 85.8 cm³/mol. The molecule has 110 valence electrons. The number of rotatable bonds is 5. The van der Waals surface area contributed by atoms with Crippen LogP contribution >= 0.6 is 0 Å². The average molecular weight is 283 g/mol. The lowest BCUT2D eigenvalue weighted by Crippen LogP contribution is -2.37. The van der Waals surface area contributed by atoms with Gasteiger partial charge in [0.1, 0.15) is 0 Å². The van der Waals surface area contributed by atoms with Gasteiger partial charge in [-0.15, -0.1) is 0 Å². The summed E-state index contributed by atoms with van der Waals surface area (Å²) < 4.78 is 0. The fourth-order valence-electron chi connectivity index (χ4n) is 2.06. The van der Waals surface area contributed by atoms with Crippen LogP contribution in [0.3, 0.4) is 0 Å². The Bertz CT molecular complexity index is 608. The number of benzene rings is 2. The summed E-state index contributed by atoms with van der Waals surface area (Å²) in [5.41, 5.74) is 15.0. The van der Waals surface area contributed by atoms with Gasteiger partial charge in [0.15, 0.2) is 0 Å². The monoisotopic (exact) mass is 283 g/mol. The number of hydrogen-bond donors (Lipinski definition) is 3. The van der Waals surface area contributed by atoms with E-state index in [-0.39, 0.29) is 11.9 Å². The molecule has 2 rings (SSSR count). The van der Waals surface area contributed by atoms with E-state index in [0.29, 0.717) is 18.7 Å². The summed E-state index contributed by atoms with van der Waals surface area (Å²) in [5.74, 6) is -0.102. The molecular formula is C17H21N3O. The van der Waals surface area contributed by atoms with E-state index in [1.54, 1.807) is 0 Å². The maximum absolute atomic E-state index is 12.0. The maximum Gasteiger partial charge on any atom is 0.251 e. The Labute approximate surface area is 125 Å². The van der Waals surface area contributed by atoms with Gasteiger partial charge in [-0.25, -0.2) is 0 Å². The second kappa shape index (κ2) is 7.02. The predicted octanol–water partition coefficient (Wildman–Crippen LogP) is 1.89. The molecule has 0 fully saturated rings. The van der Waals surface area contributed by atoms with E-state index in [0.717, 1.165) is 16.7 Å². The van der Waals surface area contributed by atoms with Crippen LogP contribution in [0.15, 0.2) is 48.5 Å². The van der Waals surface area contributed by atoms with Crippen LogP contribution in [0.1, 0.15) is 22.8 Å². The summed E-state index contributed by atoms with van der Waals surface area (Å²) in [6, 6.07) is 15.6. The van der Waals surface area contributed by atoms with Crippen molar-refractivity contribution in [2.45, 2.75) is 19.5 Å². The van der Waals surface area contributed by atoms with Gasteiger partial charge in [0.05, 0.1) is 0 Å². The van der Waals surface area contributed by atoms with Gasteiger partial charge in [0, 0.05) is 24.7 Å². The van der Waals surface area contributed by atoms with Crippen molar-refractivity contribution in [2.24, 2.45) is 11.5 Å². The van der Waals surface area contributed by atoms with Gasteiger partial charge >= 0.3 is 0 Å². The highest BCUT2D eigenvalue weighted by Crippen LogP contribution is 2.21. The Kier molecular flexibility index (Phi) is 5.09. The van der Waals surface area contributed by atoms with Gasteiger partial charge in [-0.3, -0.25) is 4.79 Å². The standard InChI is InChI=1S/C17H21N3O/c1-12(10-18)20-17(21)15-7-5-14(6-8-15)16-4-2-3-13(9-16)11-19/h2-9,12H,10-11,18-19H2,1H3,(H,20,21)/t12-/m1/s1. The molecule has 0 bridgehead atoms. The first kappa shape index (κ1) is 15.2. The second-order valence-corrected chi connectivity index (χ2v) is 5.09. The molecule has 1 amide bonds. The molecule has 0 unspecified atom stereocenters. The van der Waals surface area contributed by atoms with Crippen LogP contribution in [-0.2, 0) is 6.54 Å². The third kappa shape index (κ3) is 3.90. The minimum absolute atomic E-state index is 0.0292. The van der Waals surface area contributed by atoms with Crippen LogP contribution in [0.5, 0.6) is 0 Å². The third-order valence-electron chi connectivity index (χ3n) is 3.37. The lowest BCUT2D eigenvalue weighted by atomic mass is 10.0. The molecule has 0 saturated carbocycles. The fourth-order valence-corrected chi connectivity index (χ4v) is 2.06. The van der Waals surface area contributed by atoms with E-state index in [1.165, 1.54) is 0 Å². The fraction of sp³-hybridized carbons (Fsp3) is 0.235. The summed E-state index contributed by atoms with van der Waals surface area (Å²) in [6.45, 7) is 2.82. The highest BCUT2D eigenvalue weighted by Gasteiger charge is 2.08. The molecule has 0 heterocycles. The van der Waals surface area contributed by atoms with E-state index in [2.05, 4.69) is 11.4 Å². The van der Waals surface area contributed by atoms with Gasteiger partial charge < -0.3 is 16.8 Å². The highest BCUT2D eigenvalue weighted by molar-refractivity contribution is 5.94. The third-order valence-corrected chi connectivity index (χ3v) is 3.37. The summed E-state index contributed by atoms with van der Waals surface area (Å²) in [5, 5.41) is 2.84. The smallest absolute Gasteiger partial charge is 0.251 e. The molecule has 2 aromatic carbocycles. The number of nitrogens with one attached hydrogen (secondary N) is 1. The summed E-state index contributed by atoms with van der Waals surface area (Å²) in [7, 11) is 0. The molecule has 0 radical (unpaired) electrons. The largest absolute Gasteiger partial charge is 0.348 e. The molecule has 4 heteroatoms. The number of carbonyl (C=O) groups is 1. The molecule has 5 N–H and O–H groups in total. The van der Waals surface area contributed by atoms with Crippen molar-refractivity contribution < 1.29 is 4.79 Å². The van der Waals surface area contributed by atoms with Crippen molar-refractivity contribution in [3.05, 3.63) is 59.7 Å². The van der Waals surface area contributed by atoms with E-state index in [1.807, 2.05) is 49.4 Å². The molecule has 0 aliphatic rings. The van der Waals surface area contributed by atoms with Crippen LogP contribution in [0, 0.1) is 0 Å². The Balaban J connectivity index is 2.16. The van der Waals surface area contributed by atoms with Crippen molar-refractivity contribution in [1.29, 1.82) is 0 Å². The minimum Gasteiger partial charge on any atom is -0.348 e. The molecule has 2 aromatic rings. The summed E-state index contributed by atoms with van der Waals surface area (Å²) >= 11 is 0. The molecule has 0 aliphatic heterocycles. The van der Waals surface area contributed by atoms with Crippen molar-refractivity contribution in [3.63, 3.8) is 0 Å². The molecule has 0 spiro atoms. The van der Waals surface area contributed by atoms with Crippen LogP contribution in [0.25, 0.3) is 11.1 Å². The zero-order valence-corrected chi connectivity index (χ0v) is 12.2. The molecule has 4 nitrogen and oxygen atoms in total. The Morgan fingerprint density at radius 3 is 2.43 bits per heavy atom. The number of nitrogens with two attached hydrogens (primary N) is 2. The quantitative estimate of drug-likeness (QED) is 0.783. The molecule has 0 aromatic heterocycles. The number of carbonyl (C=O) groups excluding carboxylic acids is 1. The molecule has 0 saturated heterocycles. The Morgan fingerprint density at radius 2 is 1.81 bits per heavy atom. The minimum atomic E-state index is -0.102. The van der Waals surface area contributed by atoms with Crippen LogP contribution in [-0.4, -0.2) is 18.5 Å². The zero-order valence-electron chi connectivity index (χ0n) is 12.2. The van der Waals surface area contributed by atoms with Crippen molar-refractivity contribution >= 4 is 5.91 Å². The summed E-state index contributed by atoms with van der Waals surface area (Å²) in [4.78, 5) is 12.0. The van der Waals surface area contributed by atoms with Crippen LogP contribution < -0.4 is 16.8 Å². The number of hydrogen-bond acceptors (Lipinski definition) is 3. The first-order valence-electron chi connectivity index (χ1n) is 7.04. The van der Waals surface area contributed by atoms with Gasteiger partial charge in [-0.05, 0) is 41.8 Å². The Morgan fingerprint density at radius 1 is 1.10 bits per heavy atom. The van der Waals surface area contributed by atoms with Gasteiger partial charge in [0.25, 0.3) is 5.91 Å². The molecular weight excluding hydrogens is 262 g/mol. The molecule has 1 atom stereocenters. The van der Waals surface area contributed by atoms with E-state index in [9.17, 15) is 4.79 Å². The Hall–Kier alpha value is -2.17. The van der Waals surface area contributed by atoms with Crippen LogP contribution in [0.4, 0.5) is 0 Å². The zero-order chi connectivity index (χ0) is 15.2. The van der Waals surface area contributed by atoms with Crippen LogP contribution in [0.2, 0.25) is 0 Å². The normalized spacial score (nSPS) is 12.0. The lowest BCUT2D eigenvalue weighted by molar-refractivity contribution is 0.0941. The first-order chi connectivity index (χ1) is 10.1. The average Bonchev–Trinajstić information content (AvgIpc) is 2.54.